The first-order valence-electron chi connectivity index (χ1n) is 8.08. The first-order chi connectivity index (χ1) is 10.7. The number of likely N-dealkylation sites (tertiary alicyclic amines) is 2. The average molecular weight is 323 g/mol. The Hall–Kier alpha value is -0.980. The van der Waals surface area contributed by atoms with E-state index in [2.05, 4.69) is 14.8 Å². The van der Waals surface area contributed by atoms with Crippen molar-refractivity contribution in [3.05, 3.63) is 16.6 Å². The van der Waals surface area contributed by atoms with Crippen molar-refractivity contribution < 1.29 is 9.53 Å². The van der Waals surface area contributed by atoms with Crippen LogP contribution in [0.4, 0.5) is 0 Å². The van der Waals surface area contributed by atoms with Gasteiger partial charge in [-0.05, 0) is 37.8 Å². The van der Waals surface area contributed by atoms with Crippen molar-refractivity contribution in [2.75, 3.05) is 39.9 Å². The largest absolute Gasteiger partial charge is 0.385 e. The monoisotopic (exact) mass is 323 g/mol. The highest BCUT2D eigenvalue weighted by Crippen LogP contribution is 2.41. The van der Waals surface area contributed by atoms with Gasteiger partial charge < -0.3 is 9.64 Å². The molecule has 2 saturated heterocycles. The summed E-state index contributed by atoms with van der Waals surface area (Å²) in [5.41, 5.74) is 0.226. The Labute approximate surface area is 136 Å². The van der Waals surface area contributed by atoms with E-state index in [4.69, 9.17) is 4.74 Å². The normalized spacial score (nSPS) is 21.9. The van der Waals surface area contributed by atoms with Crippen molar-refractivity contribution in [2.45, 2.75) is 32.2 Å². The molecule has 3 rings (SSSR count). The van der Waals surface area contributed by atoms with Crippen LogP contribution in [0.5, 0.6) is 0 Å². The van der Waals surface area contributed by atoms with E-state index in [0.29, 0.717) is 5.91 Å². The number of thiazole rings is 1. The fraction of sp³-hybridized carbons (Fsp3) is 0.750. The molecule has 0 saturated carbocycles. The third kappa shape index (κ3) is 3.67. The summed E-state index contributed by atoms with van der Waals surface area (Å²) in [6.45, 7) is 5.65. The number of nitrogens with zero attached hydrogens (tertiary/aromatic N) is 3. The minimum Gasteiger partial charge on any atom is -0.385 e. The summed E-state index contributed by atoms with van der Waals surface area (Å²) in [5, 5.41) is 3.23. The molecule has 1 amide bonds. The van der Waals surface area contributed by atoms with Crippen molar-refractivity contribution in [1.29, 1.82) is 0 Å². The maximum atomic E-state index is 12.2. The van der Waals surface area contributed by atoms with E-state index in [0.717, 1.165) is 65.0 Å². The van der Waals surface area contributed by atoms with Crippen LogP contribution < -0.4 is 0 Å². The molecule has 122 valence electrons. The number of hydrogen-bond acceptors (Lipinski definition) is 5. The van der Waals surface area contributed by atoms with Gasteiger partial charge in [0.1, 0.15) is 5.01 Å². The molecule has 2 aliphatic rings. The molecule has 1 spiro atoms. The zero-order valence-corrected chi connectivity index (χ0v) is 14.1. The molecule has 0 aromatic carbocycles. The fourth-order valence-corrected chi connectivity index (χ4v) is 4.29. The number of rotatable bonds is 6. The molecule has 0 N–H and O–H groups in total. The lowest BCUT2D eigenvalue weighted by Crippen LogP contribution is -2.41. The molecule has 0 unspecified atom stereocenters. The van der Waals surface area contributed by atoms with Gasteiger partial charge >= 0.3 is 0 Å². The number of carbonyl (C=O) groups excluding carboxylic acids is 1. The molecule has 1 aromatic rings. The van der Waals surface area contributed by atoms with Gasteiger partial charge in [-0.15, -0.1) is 11.3 Å². The molecule has 2 aliphatic heterocycles. The van der Waals surface area contributed by atoms with E-state index in [9.17, 15) is 4.79 Å². The van der Waals surface area contributed by atoms with Gasteiger partial charge in [0.2, 0.25) is 5.91 Å². The average Bonchev–Trinajstić information content (AvgIpc) is 3.11. The van der Waals surface area contributed by atoms with Gasteiger partial charge in [-0.25, -0.2) is 4.98 Å². The zero-order valence-electron chi connectivity index (χ0n) is 13.3. The maximum absolute atomic E-state index is 12.2. The molecular weight excluding hydrogens is 298 g/mol. The Morgan fingerprint density at radius 2 is 2.23 bits per heavy atom. The van der Waals surface area contributed by atoms with E-state index >= 15 is 0 Å². The molecule has 1 aromatic heterocycles. The summed E-state index contributed by atoms with van der Waals surface area (Å²) in [6.07, 6.45) is 5.81. The highest BCUT2D eigenvalue weighted by Gasteiger charge is 2.44. The van der Waals surface area contributed by atoms with Crippen LogP contribution in [0, 0.1) is 5.41 Å². The van der Waals surface area contributed by atoms with Crippen LogP contribution >= 0.6 is 11.3 Å². The molecular formula is C16H25N3O2S. The highest BCUT2D eigenvalue weighted by atomic mass is 32.1. The molecule has 0 aliphatic carbocycles. The van der Waals surface area contributed by atoms with Crippen LogP contribution in [0.3, 0.4) is 0 Å². The Bertz CT molecular complexity index is 484. The number of hydrogen-bond donors (Lipinski definition) is 0. The molecule has 2 fully saturated rings. The minimum atomic E-state index is 0.226. The molecule has 5 nitrogen and oxygen atoms in total. The minimum absolute atomic E-state index is 0.226. The van der Waals surface area contributed by atoms with Gasteiger partial charge in [-0.2, -0.15) is 0 Å². The van der Waals surface area contributed by atoms with Crippen LogP contribution in [0.1, 0.15) is 30.7 Å². The van der Waals surface area contributed by atoms with Gasteiger partial charge in [-0.1, -0.05) is 0 Å². The van der Waals surface area contributed by atoms with Crippen molar-refractivity contribution in [3.8, 4) is 0 Å². The smallest absolute Gasteiger partial charge is 0.223 e. The first kappa shape index (κ1) is 15.9. The Balaban J connectivity index is 1.49. The second-order valence-electron chi connectivity index (χ2n) is 6.54. The third-order valence-corrected chi connectivity index (χ3v) is 5.71. The number of piperidine rings is 1. The summed E-state index contributed by atoms with van der Waals surface area (Å²) < 4.78 is 5.09. The Morgan fingerprint density at radius 3 is 2.91 bits per heavy atom. The number of carbonyl (C=O) groups is 1. The van der Waals surface area contributed by atoms with E-state index in [-0.39, 0.29) is 5.41 Å². The van der Waals surface area contributed by atoms with Crippen molar-refractivity contribution in [2.24, 2.45) is 5.41 Å². The lowest BCUT2D eigenvalue weighted by atomic mass is 9.77. The topological polar surface area (TPSA) is 45.7 Å². The fourth-order valence-electron chi connectivity index (χ4n) is 3.63. The lowest BCUT2D eigenvalue weighted by Gasteiger charge is -2.38. The highest BCUT2D eigenvalue weighted by molar-refractivity contribution is 7.09. The quantitative estimate of drug-likeness (QED) is 0.751. The van der Waals surface area contributed by atoms with E-state index < -0.39 is 0 Å². The second kappa shape index (κ2) is 7.06. The van der Waals surface area contributed by atoms with Gasteiger partial charge in [0, 0.05) is 44.8 Å². The van der Waals surface area contributed by atoms with E-state index in [1.165, 1.54) is 5.01 Å². The SMILES string of the molecule is COCCCN1CC2(CCN(Cc3nccs3)CC2)CC1=O. The van der Waals surface area contributed by atoms with Crippen LogP contribution in [0.15, 0.2) is 11.6 Å². The number of aromatic nitrogens is 1. The number of methoxy groups -OCH3 is 1. The standard InChI is InChI=1S/C16H25N3O2S/c1-21-9-2-6-19-13-16(11-15(19)20)3-7-18(8-4-16)12-14-17-5-10-22-14/h5,10H,2-4,6-9,11-13H2,1H3. The third-order valence-electron chi connectivity index (χ3n) is 4.94. The summed E-state index contributed by atoms with van der Waals surface area (Å²) in [7, 11) is 1.71. The van der Waals surface area contributed by atoms with Gasteiger partial charge in [0.15, 0.2) is 0 Å². The molecule has 6 heteroatoms. The zero-order chi connectivity index (χ0) is 15.4. The van der Waals surface area contributed by atoms with Crippen LogP contribution in [-0.4, -0.2) is 60.6 Å². The second-order valence-corrected chi connectivity index (χ2v) is 7.52. The van der Waals surface area contributed by atoms with E-state index in [1.54, 1.807) is 18.4 Å². The van der Waals surface area contributed by atoms with Crippen LogP contribution in [0.2, 0.25) is 0 Å². The predicted molar refractivity (Wildman–Crippen MR) is 86.7 cm³/mol. The molecule has 0 radical (unpaired) electrons. The lowest BCUT2D eigenvalue weighted by molar-refractivity contribution is -0.128. The van der Waals surface area contributed by atoms with Gasteiger partial charge in [0.05, 0.1) is 6.54 Å². The van der Waals surface area contributed by atoms with Crippen LogP contribution in [-0.2, 0) is 16.1 Å². The van der Waals surface area contributed by atoms with Gasteiger partial charge in [0.25, 0.3) is 0 Å². The summed E-state index contributed by atoms with van der Waals surface area (Å²) in [4.78, 5) is 21.1. The summed E-state index contributed by atoms with van der Waals surface area (Å²) >= 11 is 1.73. The van der Waals surface area contributed by atoms with Gasteiger partial charge in [-0.3, -0.25) is 9.69 Å². The van der Waals surface area contributed by atoms with Crippen LogP contribution in [0.25, 0.3) is 0 Å². The van der Waals surface area contributed by atoms with Crippen molar-refractivity contribution >= 4 is 17.2 Å². The summed E-state index contributed by atoms with van der Waals surface area (Å²) in [6, 6.07) is 0. The van der Waals surface area contributed by atoms with E-state index in [1.807, 2.05) is 11.6 Å². The first-order valence-corrected chi connectivity index (χ1v) is 8.96. The maximum Gasteiger partial charge on any atom is 0.223 e. The molecule has 0 atom stereocenters. The number of ether oxygens (including phenoxy) is 1. The van der Waals surface area contributed by atoms with Crippen molar-refractivity contribution in [1.82, 2.24) is 14.8 Å². The summed E-state index contributed by atoms with van der Waals surface area (Å²) in [5.74, 6) is 0.337. The molecule has 0 bridgehead atoms. The Morgan fingerprint density at radius 1 is 1.41 bits per heavy atom. The molecule has 22 heavy (non-hydrogen) atoms. The number of amides is 1. The molecule has 3 heterocycles. The van der Waals surface area contributed by atoms with Crippen molar-refractivity contribution in [3.63, 3.8) is 0 Å². The Kier molecular flexibility index (Phi) is 5.10. The predicted octanol–water partition coefficient (Wildman–Crippen LogP) is 1.99.